The van der Waals surface area contributed by atoms with Gasteiger partial charge in [0.25, 0.3) is 0 Å². The Kier molecular flexibility index (Phi) is 7.61. The van der Waals surface area contributed by atoms with Crippen LogP contribution >= 0.6 is 11.6 Å². The number of aryl methyl sites for hydroxylation is 1. The Hall–Kier alpha value is -3.18. The third-order valence-corrected chi connectivity index (χ3v) is 8.25. The van der Waals surface area contributed by atoms with Gasteiger partial charge in [0.2, 0.25) is 16.0 Å². The first-order chi connectivity index (χ1) is 17.9. The van der Waals surface area contributed by atoms with E-state index in [4.69, 9.17) is 11.6 Å². The molecule has 4 aromatic rings. The highest BCUT2D eigenvalue weighted by atomic mass is 35.5. The van der Waals surface area contributed by atoms with Gasteiger partial charge in [0.1, 0.15) is 5.82 Å². The van der Waals surface area contributed by atoms with E-state index in [1.165, 1.54) is 0 Å². The highest BCUT2D eigenvalue weighted by Crippen LogP contribution is 2.23. The molecule has 37 heavy (non-hydrogen) atoms. The SMILES string of the molecule is CN1CCN(c2ccnc(Nc3ccc(S(=O)(=O)NCCCc4c[nH]c5ccc(Cl)cc45)cc3)n2)CC1. The summed E-state index contributed by atoms with van der Waals surface area (Å²) in [5.41, 5.74) is 2.85. The lowest BCUT2D eigenvalue weighted by Gasteiger charge is -2.33. The van der Waals surface area contributed by atoms with E-state index in [-0.39, 0.29) is 4.90 Å². The number of piperazine rings is 1. The lowest BCUT2D eigenvalue weighted by atomic mass is 10.1. The van der Waals surface area contributed by atoms with E-state index in [0.29, 0.717) is 29.6 Å². The first-order valence-electron chi connectivity index (χ1n) is 12.3. The van der Waals surface area contributed by atoms with Gasteiger partial charge >= 0.3 is 0 Å². The van der Waals surface area contributed by atoms with Crippen molar-refractivity contribution in [3.8, 4) is 0 Å². The van der Waals surface area contributed by atoms with Gasteiger partial charge in [-0.3, -0.25) is 0 Å². The van der Waals surface area contributed by atoms with E-state index < -0.39 is 10.0 Å². The number of nitrogens with zero attached hydrogens (tertiary/aromatic N) is 4. The van der Waals surface area contributed by atoms with Crippen molar-refractivity contribution in [1.82, 2.24) is 24.6 Å². The van der Waals surface area contributed by atoms with Crippen LogP contribution in [0.25, 0.3) is 10.9 Å². The number of aromatic amines is 1. The summed E-state index contributed by atoms with van der Waals surface area (Å²) in [7, 11) is -1.50. The molecular formula is C26H30ClN7O2S. The summed E-state index contributed by atoms with van der Waals surface area (Å²) in [4.78, 5) is 16.9. The number of rotatable bonds is 9. The summed E-state index contributed by atoms with van der Waals surface area (Å²) in [5, 5.41) is 4.92. The maximum Gasteiger partial charge on any atom is 0.240 e. The lowest BCUT2D eigenvalue weighted by molar-refractivity contribution is 0.312. The summed E-state index contributed by atoms with van der Waals surface area (Å²) in [6.45, 7) is 4.16. The van der Waals surface area contributed by atoms with Crippen LogP contribution in [0.15, 0.2) is 65.8 Å². The quantitative estimate of drug-likeness (QED) is 0.276. The Balaban J connectivity index is 1.15. The predicted octanol–water partition coefficient (Wildman–Crippen LogP) is 4.02. The maximum absolute atomic E-state index is 12.8. The molecule has 0 amide bonds. The van der Waals surface area contributed by atoms with Gasteiger partial charge in [0.15, 0.2) is 0 Å². The number of fused-ring (bicyclic) bond motifs is 1. The second kappa shape index (κ2) is 11.1. The molecule has 1 aliphatic rings. The number of H-pyrrole nitrogens is 1. The molecule has 0 aliphatic carbocycles. The van der Waals surface area contributed by atoms with Crippen molar-refractivity contribution in [3.63, 3.8) is 0 Å². The maximum atomic E-state index is 12.8. The van der Waals surface area contributed by atoms with Crippen molar-refractivity contribution in [3.05, 3.63) is 71.5 Å². The van der Waals surface area contributed by atoms with Crippen LogP contribution in [-0.4, -0.2) is 68.0 Å². The zero-order chi connectivity index (χ0) is 25.8. The second-order valence-electron chi connectivity index (χ2n) is 9.18. The summed E-state index contributed by atoms with van der Waals surface area (Å²) in [6, 6.07) is 14.2. The number of sulfonamides is 1. The highest BCUT2D eigenvalue weighted by Gasteiger charge is 2.16. The van der Waals surface area contributed by atoms with Gasteiger partial charge in [-0.25, -0.2) is 18.1 Å². The third kappa shape index (κ3) is 6.22. The van der Waals surface area contributed by atoms with Gasteiger partial charge in [0, 0.05) is 66.7 Å². The average Bonchev–Trinajstić information content (AvgIpc) is 3.29. The molecule has 194 valence electrons. The number of halogens is 1. The minimum absolute atomic E-state index is 0.212. The van der Waals surface area contributed by atoms with Crippen LogP contribution in [-0.2, 0) is 16.4 Å². The molecule has 3 N–H and O–H groups in total. The first kappa shape index (κ1) is 25.5. The zero-order valence-corrected chi connectivity index (χ0v) is 22.2. The van der Waals surface area contributed by atoms with E-state index in [1.54, 1.807) is 30.5 Å². The smallest absolute Gasteiger partial charge is 0.240 e. The Bertz CT molecular complexity index is 1470. The first-order valence-corrected chi connectivity index (χ1v) is 14.1. The fourth-order valence-electron chi connectivity index (χ4n) is 4.39. The van der Waals surface area contributed by atoms with Gasteiger partial charge in [-0.1, -0.05) is 11.6 Å². The Morgan fingerprint density at radius 3 is 2.62 bits per heavy atom. The van der Waals surface area contributed by atoms with Crippen LogP contribution in [0.3, 0.4) is 0 Å². The molecule has 0 radical (unpaired) electrons. The van der Waals surface area contributed by atoms with E-state index >= 15 is 0 Å². The topological polar surface area (TPSA) is 106 Å². The third-order valence-electron chi connectivity index (χ3n) is 6.53. The fraction of sp³-hybridized carbons (Fsp3) is 0.308. The number of hydrogen-bond acceptors (Lipinski definition) is 7. The van der Waals surface area contributed by atoms with Crippen molar-refractivity contribution >= 4 is 50.0 Å². The number of benzene rings is 2. The predicted molar refractivity (Wildman–Crippen MR) is 148 cm³/mol. The molecule has 5 rings (SSSR count). The van der Waals surface area contributed by atoms with Crippen molar-refractivity contribution in [2.45, 2.75) is 17.7 Å². The summed E-state index contributed by atoms with van der Waals surface area (Å²) < 4.78 is 28.2. The molecule has 1 fully saturated rings. The van der Waals surface area contributed by atoms with Crippen LogP contribution < -0.4 is 14.9 Å². The summed E-state index contributed by atoms with van der Waals surface area (Å²) in [6.07, 6.45) is 5.08. The van der Waals surface area contributed by atoms with Crippen LogP contribution in [0.2, 0.25) is 5.02 Å². The van der Waals surface area contributed by atoms with E-state index in [2.05, 4.69) is 41.8 Å². The standard InChI is InChI=1S/C26H30ClN7O2S/c1-33-13-15-34(16-14-33)25-10-12-28-26(32-25)31-21-5-7-22(8-6-21)37(35,36)30-11-2-3-19-18-29-24-9-4-20(27)17-23(19)24/h4-10,12,17-18,29-30H,2-3,11,13-16H2,1H3,(H,28,31,32). The number of nitrogens with one attached hydrogen (secondary N) is 3. The number of likely N-dealkylation sites (N-methyl/N-ethyl adjacent to an activating group) is 1. The molecule has 2 aromatic carbocycles. The molecule has 9 nitrogen and oxygen atoms in total. The Morgan fingerprint density at radius 1 is 1.05 bits per heavy atom. The minimum Gasteiger partial charge on any atom is -0.361 e. The van der Waals surface area contributed by atoms with Crippen LogP contribution in [0.4, 0.5) is 17.5 Å². The van der Waals surface area contributed by atoms with Crippen LogP contribution in [0, 0.1) is 0 Å². The molecule has 0 bridgehead atoms. The van der Waals surface area contributed by atoms with Gasteiger partial charge in [0.05, 0.1) is 4.90 Å². The zero-order valence-electron chi connectivity index (χ0n) is 20.6. The molecule has 3 heterocycles. The molecule has 1 saturated heterocycles. The van der Waals surface area contributed by atoms with Crippen molar-refractivity contribution in [2.24, 2.45) is 0 Å². The molecule has 11 heteroatoms. The van der Waals surface area contributed by atoms with Gasteiger partial charge in [-0.05, 0) is 74.0 Å². The fourth-order valence-corrected chi connectivity index (χ4v) is 5.64. The summed E-state index contributed by atoms with van der Waals surface area (Å²) >= 11 is 6.12. The molecule has 0 spiro atoms. The number of anilines is 3. The normalized spacial score (nSPS) is 14.8. The van der Waals surface area contributed by atoms with E-state index in [9.17, 15) is 8.42 Å². The van der Waals surface area contributed by atoms with Crippen LogP contribution in [0.5, 0.6) is 0 Å². The molecule has 1 aliphatic heterocycles. The molecule has 0 atom stereocenters. The van der Waals surface area contributed by atoms with E-state index in [0.717, 1.165) is 54.9 Å². The van der Waals surface area contributed by atoms with E-state index in [1.807, 2.05) is 30.5 Å². The van der Waals surface area contributed by atoms with Gasteiger partial charge in [-0.15, -0.1) is 0 Å². The molecular weight excluding hydrogens is 510 g/mol. The average molecular weight is 540 g/mol. The highest BCUT2D eigenvalue weighted by molar-refractivity contribution is 7.89. The minimum atomic E-state index is -3.61. The largest absolute Gasteiger partial charge is 0.361 e. The van der Waals surface area contributed by atoms with Gasteiger partial charge < -0.3 is 20.1 Å². The monoisotopic (exact) mass is 539 g/mol. The molecule has 0 saturated carbocycles. The second-order valence-corrected chi connectivity index (χ2v) is 11.4. The molecule has 2 aromatic heterocycles. The van der Waals surface area contributed by atoms with Crippen molar-refractivity contribution in [2.75, 3.05) is 50.0 Å². The van der Waals surface area contributed by atoms with Crippen molar-refractivity contribution < 1.29 is 8.42 Å². The van der Waals surface area contributed by atoms with Crippen molar-refractivity contribution in [1.29, 1.82) is 0 Å². The Morgan fingerprint density at radius 2 is 1.84 bits per heavy atom. The lowest BCUT2D eigenvalue weighted by Crippen LogP contribution is -2.44. The number of aromatic nitrogens is 3. The molecule has 0 unspecified atom stereocenters. The van der Waals surface area contributed by atoms with Gasteiger partial charge in [-0.2, -0.15) is 4.98 Å². The van der Waals surface area contributed by atoms with Crippen LogP contribution in [0.1, 0.15) is 12.0 Å². The summed E-state index contributed by atoms with van der Waals surface area (Å²) in [5.74, 6) is 1.36. The number of hydrogen-bond donors (Lipinski definition) is 3. The Labute approximate surface area is 221 Å².